The van der Waals surface area contributed by atoms with Crippen molar-refractivity contribution >= 4 is 17.4 Å². The first-order valence-electron chi connectivity index (χ1n) is 5.78. The Bertz CT molecular complexity index is 564. The summed E-state index contributed by atoms with van der Waals surface area (Å²) in [7, 11) is 0. The molecule has 2 heterocycles. The maximum atomic E-state index is 9.37. The number of benzene rings is 1. The maximum absolute atomic E-state index is 9.37. The van der Waals surface area contributed by atoms with Crippen molar-refractivity contribution in [3.05, 3.63) is 24.0 Å². The first-order chi connectivity index (χ1) is 8.74. The first-order valence-corrected chi connectivity index (χ1v) is 6.83. The van der Waals surface area contributed by atoms with Gasteiger partial charge >= 0.3 is 0 Å². The van der Waals surface area contributed by atoms with Crippen molar-refractivity contribution < 1.29 is 9.63 Å². The van der Waals surface area contributed by atoms with Gasteiger partial charge in [-0.2, -0.15) is 16.7 Å². The van der Waals surface area contributed by atoms with Crippen LogP contribution in [0.2, 0.25) is 0 Å². The van der Waals surface area contributed by atoms with Gasteiger partial charge in [-0.25, -0.2) is 0 Å². The van der Waals surface area contributed by atoms with Crippen LogP contribution in [0.25, 0.3) is 11.5 Å². The van der Waals surface area contributed by atoms with Crippen LogP contribution in [0, 0.1) is 0 Å². The van der Waals surface area contributed by atoms with Gasteiger partial charge in [0.15, 0.2) is 5.82 Å². The zero-order valence-corrected chi connectivity index (χ0v) is 10.5. The minimum absolute atomic E-state index is 0.0600. The quantitative estimate of drug-likeness (QED) is 0.640. The highest BCUT2D eigenvalue weighted by atomic mass is 32.2. The van der Waals surface area contributed by atoms with Crippen LogP contribution >= 0.6 is 11.8 Å². The Morgan fingerprint density at radius 3 is 3.06 bits per heavy atom. The number of thioether (sulfide) groups is 1. The third kappa shape index (κ3) is 2.03. The lowest BCUT2D eigenvalue weighted by Crippen LogP contribution is -1.91. The predicted molar refractivity (Wildman–Crippen MR) is 70.2 cm³/mol. The van der Waals surface area contributed by atoms with Crippen molar-refractivity contribution in [1.82, 2.24) is 10.1 Å². The predicted octanol–water partition coefficient (Wildman–Crippen LogP) is 2.59. The standard InChI is InChI=1S/C12H13N3O2S/c13-8-6-7(3-4-9(8)16)12-14-11(15-17-12)10-2-1-5-18-10/h3-4,6,10,16H,1-2,5,13H2. The van der Waals surface area contributed by atoms with E-state index in [9.17, 15) is 5.11 Å². The number of aromatic nitrogens is 2. The lowest BCUT2D eigenvalue weighted by atomic mass is 10.2. The van der Waals surface area contributed by atoms with Crippen molar-refractivity contribution in [1.29, 1.82) is 0 Å². The SMILES string of the molecule is Nc1cc(-c2nc(C3CCCS3)no2)ccc1O. The molecular formula is C12H13N3O2S. The molecule has 2 aromatic rings. The number of phenolic OH excluding ortho intramolecular Hbond substituents is 1. The van der Waals surface area contributed by atoms with Gasteiger partial charge in [0.25, 0.3) is 5.89 Å². The van der Waals surface area contributed by atoms with Gasteiger partial charge in [0, 0.05) is 5.56 Å². The van der Waals surface area contributed by atoms with E-state index >= 15 is 0 Å². The lowest BCUT2D eigenvalue weighted by molar-refractivity contribution is 0.421. The van der Waals surface area contributed by atoms with E-state index in [0.29, 0.717) is 16.8 Å². The number of rotatable bonds is 2. The minimum Gasteiger partial charge on any atom is -0.506 e. The highest BCUT2D eigenvalue weighted by Gasteiger charge is 2.23. The summed E-state index contributed by atoms with van der Waals surface area (Å²) in [6, 6.07) is 4.87. The van der Waals surface area contributed by atoms with E-state index in [1.807, 2.05) is 11.8 Å². The number of aromatic hydroxyl groups is 1. The lowest BCUT2D eigenvalue weighted by Gasteiger charge is -2.00. The number of nitrogens with two attached hydrogens (primary N) is 1. The monoisotopic (exact) mass is 263 g/mol. The number of nitrogens with zero attached hydrogens (tertiary/aromatic N) is 2. The van der Waals surface area contributed by atoms with E-state index in [-0.39, 0.29) is 5.75 Å². The smallest absolute Gasteiger partial charge is 0.258 e. The zero-order valence-electron chi connectivity index (χ0n) is 9.67. The molecule has 1 unspecified atom stereocenters. The fraction of sp³-hybridized carbons (Fsp3) is 0.333. The molecular weight excluding hydrogens is 250 g/mol. The molecule has 1 fully saturated rings. The highest BCUT2D eigenvalue weighted by Crippen LogP contribution is 2.39. The summed E-state index contributed by atoms with van der Waals surface area (Å²) in [6.45, 7) is 0. The van der Waals surface area contributed by atoms with Gasteiger partial charge in [0.1, 0.15) is 5.75 Å². The van der Waals surface area contributed by atoms with Crippen LogP contribution in [0.3, 0.4) is 0 Å². The molecule has 94 valence electrons. The molecule has 1 atom stereocenters. The van der Waals surface area contributed by atoms with Crippen molar-refractivity contribution in [3.63, 3.8) is 0 Å². The third-order valence-electron chi connectivity index (χ3n) is 2.93. The summed E-state index contributed by atoms with van der Waals surface area (Å²) in [4.78, 5) is 4.40. The van der Waals surface area contributed by atoms with Gasteiger partial charge in [-0.1, -0.05) is 5.16 Å². The Balaban J connectivity index is 1.89. The second kappa shape index (κ2) is 4.53. The zero-order chi connectivity index (χ0) is 12.5. The number of hydrogen-bond donors (Lipinski definition) is 2. The third-order valence-corrected chi connectivity index (χ3v) is 4.31. The molecule has 6 heteroatoms. The van der Waals surface area contributed by atoms with Crippen molar-refractivity contribution in [2.75, 3.05) is 11.5 Å². The van der Waals surface area contributed by atoms with E-state index in [1.165, 1.54) is 12.5 Å². The number of anilines is 1. The molecule has 3 rings (SSSR count). The second-order valence-corrected chi connectivity index (χ2v) is 5.54. The van der Waals surface area contributed by atoms with Crippen LogP contribution in [0.1, 0.15) is 23.9 Å². The van der Waals surface area contributed by atoms with E-state index in [1.54, 1.807) is 12.1 Å². The Morgan fingerprint density at radius 2 is 2.33 bits per heavy atom. The number of hydrogen-bond acceptors (Lipinski definition) is 6. The molecule has 1 aromatic heterocycles. The summed E-state index contributed by atoms with van der Waals surface area (Å²) < 4.78 is 5.25. The van der Waals surface area contributed by atoms with Gasteiger partial charge in [-0.3, -0.25) is 0 Å². The van der Waals surface area contributed by atoms with Crippen molar-refractivity contribution in [2.45, 2.75) is 18.1 Å². The van der Waals surface area contributed by atoms with Gasteiger partial charge in [0.05, 0.1) is 10.9 Å². The normalized spacial score (nSPS) is 19.2. The van der Waals surface area contributed by atoms with Gasteiger partial charge in [-0.15, -0.1) is 0 Å². The van der Waals surface area contributed by atoms with Crippen molar-refractivity contribution in [3.8, 4) is 17.2 Å². The maximum Gasteiger partial charge on any atom is 0.258 e. The van der Waals surface area contributed by atoms with E-state index in [2.05, 4.69) is 10.1 Å². The topological polar surface area (TPSA) is 85.2 Å². The Hall–Kier alpha value is -1.69. The van der Waals surface area contributed by atoms with Crippen LogP contribution in [0.5, 0.6) is 5.75 Å². The molecule has 18 heavy (non-hydrogen) atoms. The number of phenols is 1. The summed E-state index contributed by atoms with van der Waals surface area (Å²) in [6.07, 6.45) is 2.30. The summed E-state index contributed by atoms with van der Waals surface area (Å²) >= 11 is 1.86. The van der Waals surface area contributed by atoms with E-state index in [0.717, 1.165) is 23.6 Å². The van der Waals surface area contributed by atoms with Crippen LogP contribution in [0.4, 0.5) is 5.69 Å². The van der Waals surface area contributed by atoms with Crippen LogP contribution in [-0.4, -0.2) is 21.0 Å². The summed E-state index contributed by atoms with van der Waals surface area (Å²) in [5, 5.41) is 13.7. The molecule has 0 amide bonds. The first kappa shape index (κ1) is 11.4. The van der Waals surface area contributed by atoms with Crippen molar-refractivity contribution in [2.24, 2.45) is 0 Å². The summed E-state index contributed by atoms with van der Waals surface area (Å²) in [5.74, 6) is 2.41. The highest BCUT2D eigenvalue weighted by molar-refractivity contribution is 7.99. The Morgan fingerprint density at radius 1 is 1.44 bits per heavy atom. The molecule has 3 N–H and O–H groups in total. The molecule has 5 nitrogen and oxygen atoms in total. The molecule has 0 aliphatic carbocycles. The molecule has 0 spiro atoms. The van der Waals surface area contributed by atoms with E-state index < -0.39 is 0 Å². The average molecular weight is 263 g/mol. The minimum atomic E-state index is 0.0600. The van der Waals surface area contributed by atoms with Gasteiger partial charge in [0.2, 0.25) is 0 Å². The number of nitrogen functional groups attached to an aromatic ring is 1. The van der Waals surface area contributed by atoms with Gasteiger partial charge in [-0.05, 0) is 36.8 Å². The molecule has 1 saturated heterocycles. The molecule has 0 radical (unpaired) electrons. The second-order valence-electron chi connectivity index (χ2n) is 4.23. The molecule has 0 bridgehead atoms. The van der Waals surface area contributed by atoms with E-state index in [4.69, 9.17) is 10.3 Å². The van der Waals surface area contributed by atoms with Gasteiger partial charge < -0.3 is 15.4 Å². The average Bonchev–Trinajstić information content (AvgIpc) is 3.01. The molecule has 1 aromatic carbocycles. The fourth-order valence-electron chi connectivity index (χ4n) is 1.95. The largest absolute Gasteiger partial charge is 0.506 e. The molecule has 0 saturated carbocycles. The summed E-state index contributed by atoms with van der Waals surface area (Å²) in [5.41, 5.74) is 6.68. The fourth-order valence-corrected chi connectivity index (χ4v) is 3.15. The molecule has 1 aliphatic rings. The van der Waals surface area contributed by atoms with Crippen LogP contribution in [-0.2, 0) is 0 Å². The van der Waals surface area contributed by atoms with Crippen LogP contribution in [0.15, 0.2) is 22.7 Å². The Labute approximate surface area is 108 Å². The Kier molecular flexibility index (Phi) is 2.87. The van der Waals surface area contributed by atoms with Crippen LogP contribution < -0.4 is 5.73 Å². The molecule has 1 aliphatic heterocycles.